The Morgan fingerprint density at radius 2 is 1.77 bits per heavy atom. The molecule has 30 heavy (non-hydrogen) atoms. The van der Waals surface area contributed by atoms with E-state index in [0.29, 0.717) is 17.0 Å². The normalized spacial score (nSPS) is 16.1. The molecule has 1 unspecified atom stereocenters. The quantitative estimate of drug-likeness (QED) is 0.637. The average Bonchev–Trinajstić information content (AvgIpc) is 3.20. The Bertz CT molecular complexity index is 1100. The van der Waals surface area contributed by atoms with Gasteiger partial charge in [0, 0.05) is 17.5 Å². The Labute approximate surface area is 174 Å². The summed E-state index contributed by atoms with van der Waals surface area (Å²) in [5.41, 5.74) is 3.99. The number of carbonyl (C=O) groups excluding carboxylic acids is 2. The fraction of sp³-hybridized carbons (Fsp3) is 0.174. The van der Waals surface area contributed by atoms with Crippen LogP contribution in [-0.4, -0.2) is 28.4 Å². The lowest BCUT2D eigenvalue weighted by molar-refractivity contribution is -0.139. The molecule has 2 aromatic carbocycles. The number of amides is 2. The summed E-state index contributed by atoms with van der Waals surface area (Å²) in [4.78, 5) is 25.0. The molecule has 1 aliphatic heterocycles. The highest BCUT2D eigenvalue weighted by molar-refractivity contribution is 5.95. The van der Waals surface area contributed by atoms with Crippen molar-refractivity contribution in [3.05, 3.63) is 83.8 Å². The van der Waals surface area contributed by atoms with Crippen LogP contribution in [0.1, 0.15) is 25.6 Å². The van der Waals surface area contributed by atoms with Gasteiger partial charge in [-0.05, 0) is 31.5 Å². The maximum atomic E-state index is 12.7. The fourth-order valence-electron chi connectivity index (χ4n) is 3.53. The lowest BCUT2D eigenvalue weighted by Gasteiger charge is -2.27. The number of benzene rings is 2. The molecule has 0 bridgehead atoms. The van der Waals surface area contributed by atoms with Gasteiger partial charge in [0.15, 0.2) is 0 Å². The van der Waals surface area contributed by atoms with E-state index in [9.17, 15) is 9.59 Å². The zero-order chi connectivity index (χ0) is 21.1. The topological polar surface area (TPSA) is 85.2 Å². The maximum Gasteiger partial charge on any atom is 0.338 e. The summed E-state index contributed by atoms with van der Waals surface area (Å²) in [7, 11) is 0. The molecule has 4 rings (SSSR count). The number of allylic oxidation sites excluding steroid dienone is 1. The number of carbonyl (C=O) groups is 2. The predicted molar refractivity (Wildman–Crippen MR) is 113 cm³/mol. The van der Waals surface area contributed by atoms with E-state index in [2.05, 4.69) is 10.6 Å². The van der Waals surface area contributed by atoms with Gasteiger partial charge < -0.3 is 15.4 Å². The summed E-state index contributed by atoms with van der Waals surface area (Å²) in [5.74, 6) is -0.485. The van der Waals surface area contributed by atoms with E-state index in [0.717, 1.165) is 16.8 Å². The number of esters is 1. The van der Waals surface area contributed by atoms with Gasteiger partial charge in [-0.2, -0.15) is 5.10 Å². The Morgan fingerprint density at radius 1 is 1.10 bits per heavy atom. The zero-order valence-corrected chi connectivity index (χ0v) is 16.8. The van der Waals surface area contributed by atoms with E-state index in [-0.39, 0.29) is 12.6 Å². The van der Waals surface area contributed by atoms with Crippen LogP contribution in [0.2, 0.25) is 0 Å². The van der Waals surface area contributed by atoms with E-state index < -0.39 is 12.0 Å². The molecule has 0 spiro atoms. The van der Waals surface area contributed by atoms with Crippen LogP contribution in [0.3, 0.4) is 0 Å². The van der Waals surface area contributed by atoms with Crippen LogP contribution in [0.15, 0.2) is 78.1 Å². The van der Waals surface area contributed by atoms with Crippen molar-refractivity contribution in [2.24, 2.45) is 0 Å². The molecule has 152 valence electrons. The lowest BCUT2D eigenvalue weighted by Crippen LogP contribution is -2.45. The number of ether oxygens (including phenoxy) is 1. The van der Waals surface area contributed by atoms with Crippen LogP contribution in [0, 0.1) is 0 Å². The van der Waals surface area contributed by atoms with Gasteiger partial charge in [0.05, 0.1) is 23.6 Å². The second-order valence-corrected chi connectivity index (χ2v) is 6.86. The Morgan fingerprint density at radius 3 is 2.43 bits per heavy atom. The number of aromatic nitrogens is 2. The number of rotatable bonds is 5. The molecule has 0 aliphatic carbocycles. The highest BCUT2D eigenvalue weighted by atomic mass is 16.5. The van der Waals surface area contributed by atoms with E-state index in [1.54, 1.807) is 18.5 Å². The number of hydrogen-bond acceptors (Lipinski definition) is 4. The van der Waals surface area contributed by atoms with Crippen LogP contribution in [-0.2, 0) is 9.53 Å². The van der Waals surface area contributed by atoms with Crippen LogP contribution < -0.4 is 10.6 Å². The van der Waals surface area contributed by atoms with Crippen molar-refractivity contribution in [1.29, 1.82) is 0 Å². The third-order valence-corrected chi connectivity index (χ3v) is 4.89. The second-order valence-electron chi connectivity index (χ2n) is 6.86. The minimum absolute atomic E-state index is 0.236. The van der Waals surface area contributed by atoms with Crippen molar-refractivity contribution < 1.29 is 14.3 Å². The predicted octanol–water partition coefficient (Wildman–Crippen LogP) is 3.73. The second kappa shape index (κ2) is 8.24. The summed E-state index contributed by atoms with van der Waals surface area (Å²) >= 11 is 0. The summed E-state index contributed by atoms with van der Waals surface area (Å²) in [6.07, 6.45) is 1.91. The van der Waals surface area contributed by atoms with Gasteiger partial charge in [-0.15, -0.1) is 0 Å². The van der Waals surface area contributed by atoms with Gasteiger partial charge in [0.2, 0.25) is 0 Å². The van der Waals surface area contributed by atoms with Crippen LogP contribution in [0.25, 0.3) is 16.8 Å². The molecule has 7 heteroatoms. The van der Waals surface area contributed by atoms with Crippen molar-refractivity contribution in [3.8, 4) is 16.8 Å². The first-order valence-electron chi connectivity index (χ1n) is 9.74. The van der Waals surface area contributed by atoms with Gasteiger partial charge in [-0.3, -0.25) is 0 Å². The molecule has 0 radical (unpaired) electrons. The largest absolute Gasteiger partial charge is 0.463 e. The number of nitrogens with zero attached hydrogens (tertiary/aromatic N) is 2. The first-order chi connectivity index (χ1) is 14.6. The van der Waals surface area contributed by atoms with Gasteiger partial charge >= 0.3 is 12.0 Å². The average molecular weight is 402 g/mol. The first kappa shape index (κ1) is 19.4. The van der Waals surface area contributed by atoms with Crippen molar-refractivity contribution in [2.75, 3.05) is 6.61 Å². The summed E-state index contributed by atoms with van der Waals surface area (Å²) in [6.45, 7) is 3.67. The molecule has 7 nitrogen and oxygen atoms in total. The molecule has 0 saturated carbocycles. The Kier molecular flexibility index (Phi) is 5.34. The minimum Gasteiger partial charge on any atom is -0.463 e. The smallest absolute Gasteiger partial charge is 0.338 e. The fourth-order valence-corrected chi connectivity index (χ4v) is 3.53. The molecule has 2 amide bonds. The highest BCUT2D eigenvalue weighted by Gasteiger charge is 2.35. The molecule has 1 aromatic heterocycles. The van der Waals surface area contributed by atoms with E-state index in [4.69, 9.17) is 9.84 Å². The molecular formula is C23H22N4O3. The van der Waals surface area contributed by atoms with Crippen molar-refractivity contribution in [3.63, 3.8) is 0 Å². The summed E-state index contributed by atoms with van der Waals surface area (Å²) in [6, 6.07) is 18.3. The zero-order valence-electron chi connectivity index (χ0n) is 16.8. The van der Waals surface area contributed by atoms with Crippen molar-refractivity contribution >= 4 is 12.0 Å². The molecule has 0 fully saturated rings. The van der Waals surface area contributed by atoms with Crippen LogP contribution in [0.5, 0.6) is 0 Å². The number of para-hydroxylation sites is 1. The summed E-state index contributed by atoms with van der Waals surface area (Å²) in [5, 5.41) is 10.3. The standard InChI is InChI=1S/C23H22N4O3/c1-3-30-22(28)19-15(2)24-23(29)25-21(19)20-18(16-10-6-4-7-11-16)14-27(26-20)17-12-8-5-9-13-17/h4-14,21H,3H2,1-2H3,(H2,24,25,29). The van der Waals surface area contributed by atoms with E-state index in [1.807, 2.05) is 66.9 Å². The number of hydrogen-bond donors (Lipinski definition) is 2. The molecule has 1 aliphatic rings. The third kappa shape index (κ3) is 3.69. The van der Waals surface area contributed by atoms with Gasteiger partial charge in [-0.1, -0.05) is 48.5 Å². The van der Waals surface area contributed by atoms with Crippen molar-refractivity contribution in [1.82, 2.24) is 20.4 Å². The van der Waals surface area contributed by atoms with Crippen LogP contribution >= 0.6 is 0 Å². The SMILES string of the molecule is CCOC(=O)C1=C(C)NC(=O)NC1c1nn(-c2ccccc2)cc1-c1ccccc1. The van der Waals surface area contributed by atoms with E-state index >= 15 is 0 Å². The number of urea groups is 1. The number of nitrogens with one attached hydrogen (secondary N) is 2. The highest BCUT2D eigenvalue weighted by Crippen LogP contribution is 2.34. The third-order valence-electron chi connectivity index (χ3n) is 4.89. The first-order valence-corrected chi connectivity index (χ1v) is 9.74. The Hall–Kier alpha value is -3.87. The van der Waals surface area contributed by atoms with Crippen molar-refractivity contribution in [2.45, 2.75) is 19.9 Å². The Balaban J connectivity index is 1.89. The molecular weight excluding hydrogens is 380 g/mol. The molecule has 2 heterocycles. The van der Waals surface area contributed by atoms with Crippen LogP contribution in [0.4, 0.5) is 4.79 Å². The molecule has 2 N–H and O–H groups in total. The maximum absolute atomic E-state index is 12.7. The molecule has 0 saturated heterocycles. The van der Waals surface area contributed by atoms with Gasteiger partial charge in [0.25, 0.3) is 0 Å². The molecule has 3 aromatic rings. The monoisotopic (exact) mass is 402 g/mol. The van der Waals surface area contributed by atoms with Gasteiger partial charge in [0.1, 0.15) is 6.04 Å². The molecule has 1 atom stereocenters. The van der Waals surface area contributed by atoms with E-state index in [1.165, 1.54) is 0 Å². The lowest BCUT2D eigenvalue weighted by atomic mass is 9.95. The van der Waals surface area contributed by atoms with Gasteiger partial charge in [-0.25, -0.2) is 14.3 Å². The summed E-state index contributed by atoms with van der Waals surface area (Å²) < 4.78 is 7.01. The minimum atomic E-state index is -0.738.